The summed E-state index contributed by atoms with van der Waals surface area (Å²) >= 11 is 0. The van der Waals surface area contributed by atoms with Crippen LogP contribution in [0.3, 0.4) is 0 Å². The Hall–Kier alpha value is -2.01. The molecule has 1 aliphatic rings. The second-order valence-electron chi connectivity index (χ2n) is 5.01. The summed E-state index contributed by atoms with van der Waals surface area (Å²) in [7, 11) is 1.64. The fourth-order valence-corrected chi connectivity index (χ4v) is 2.46. The van der Waals surface area contributed by atoms with Crippen LogP contribution in [0, 0.1) is 5.92 Å². The Bertz CT molecular complexity index is 562. The van der Waals surface area contributed by atoms with Crippen molar-refractivity contribution < 1.29 is 9.47 Å². The van der Waals surface area contributed by atoms with E-state index in [9.17, 15) is 0 Å². The topological polar surface area (TPSA) is 48.3 Å². The molecule has 0 radical (unpaired) electrons. The van der Waals surface area contributed by atoms with Crippen molar-refractivity contribution in [2.24, 2.45) is 5.92 Å². The van der Waals surface area contributed by atoms with Gasteiger partial charge >= 0.3 is 0 Å². The van der Waals surface area contributed by atoms with Crippen molar-refractivity contribution >= 4 is 0 Å². The van der Waals surface area contributed by atoms with E-state index in [1.54, 1.807) is 13.3 Å². The number of rotatable bonds is 5. The predicted molar refractivity (Wildman–Crippen MR) is 76.3 cm³/mol. The molecule has 1 aromatic heterocycles. The minimum atomic E-state index is 0.661. The van der Waals surface area contributed by atoms with Gasteiger partial charge in [-0.05, 0) is 37.6 Å². The Morgan fingerprint density at radius 2 is 2.20 bits per heavy atom. The van der Waals surface area contributed by atoms with E-state index in [0.717, 1.165) is 31.1 Å². The molecular formula is C15H19N3O2. The molecule has 5 nitrogen and oxygen atoms in total. The van der Waals surface area contributed by atoms with Gasteiger partial charge in [0.1, 0.15) is 0 Å². The Balaban J connectivity index is 1.67. The molecule has 1 N–H and O–H groups in total. The number of methoxy groups -OCH3 is 1. The van der Waals surface area contributed by atoms with Gasteiger partial charge in [0, 0.05) is 6.54 Å². The van der Waals surface area contributed by atoms with E-state index in [2.05, 4.69) is 10.4 Å². The number of hydrogen-bond acceptors (Lipinski definition) is 4. The molecular weight excluding hydrogens is 254 g/mol. The van der Waals surface area contributed by atoms with Gasteiger partial charge in [-0.2, -0.15) is 5.10 Å². The van der Waals surface area contributed by atoms with Crippen LogP contribution < -0.4 is 14.8 Å². The molecule has 0 saturated carbocycles. The van der Waals surface area contributed by atoms with Crippen molar-refractivity contribution in [3.63, 3.8) is 0 Å². The fourth-order valence-electron chi connectivity index (χ4n) is 2.46. The van der Waals surface area contributed by atoms with Gasteiger partial charge in [-0.15, -0.1) is 0 Å². The molecule has 1 saturated heterocycles. The summed E-state index contributed by atoms with van der Waals surface area (Å²) in [5.74, 6) is 2.83. The Morgan fingerprint density at radius 3 is 2.95 bits per heavy atom. The first-order valence-electron chi connectivity index (χ1n) is 6.89. The van der Waals surface area contributed by atoms with E-state index in [1.807, 2.05) is 35.1 Å². The zero-order valence-electron chi connectivity index (χ0n) is 11.6. The average Bonchev–Trinajstić information content (AvgIpc) is 3.12. The number of para-hydroxylation sites is 2. The van der Waals surface area contributed by atoms with Crippen LogP contribution >= 0.6 is 0 Å². The average molecular weight is 273 g/mol. The molecule has 20 heavy (non-hydrogen) atoms. The van der Waals surface area contributed by atoms with E-state index in [-0.39, 0.29) is 0 Å². The molecule has 1 atom stereocenters. The summed E-state index contributed by atoms with van der Waals surface area (Å²) < 4.78 is 13.0. The maximum atomic E-state index is 5.82. The molecule has 3 rings (SSSR count). The van der Waals surface area contributed by atoms with Crippen LogP contribution in [0.15, 0.2) is 36.7 Å². The molecule has 1 aromatic carbocycles. The van der Waals surface area contributed by atoms with E-state index < -0.39 is 0 Å². The quantitative estimate of drug-likeness (QED) is 0.908. The van der Waals surface area contributed by atoms with E-state index in [1.165, 1.54) is 6.42 Å². The van der Waals surface area contributed by atoms with Crippen molar-refractivity contribution in [2.75, 3.05) is 20.2 Å². The van der Waals surface area contributed by atoms with Crippen LogP contribution in [0.5, 0.6) is 17.2 Å². The van der Waals surface area contributed by atoms with Crippen LogP contribution in [-0.4, -0.2) is 30.0 Å². The SMILES string of the molecule is COc1ccccc1Oc1cnn(CC2CCNC2)c1. The molecule has 106 valence electrons. The minimum absolute atomic E-state index is 0.661. The molecule has 5 heteroatoms. The molecule has 2 aromatic rings. The number of benzene rings is 1. The van der Waals surface area contributed by atoms with Crippen LogP contribution in [0.4, 0.5) is 0 Å². The maximum Gasteiger partial charge on any atom is 0.169 e. The third-order valence-corrected chi connectivity index (χ3v) is 3.51. The summed E-state index contributed by atoms with van der Waals surface area (Å²) in [6.07, 6.45) is 4.89. The summed E-state index contributed by atoms with van der Waals surface area (Å²) in [6, 6.07) is 7.61. The van der Waals surface area contributed by atoms with Gasteiger partial charge in [0.15, 0.2) is 17.2 Å². The fraction of sp³-hybridized carbons (Fsp3) is 0.400. The largest absolute Gasteiger partial charge is 0.493 e. The van der Waals surface area contributed by atoms with Crippen LogP contribution in [-0.2, 0) is 6.54 Å². The smallest absolute Gasteiger partial charge is 0.169 e. The predicted octanol–water partition coefficient (Wildman–Crippen LogP) is 2.29. The Labute approximate surface area is 118 Å². The highest BCUT2D eigenvalue weighted by Crippen LogP contribution is 2.30. The van der Waals surface area contributed by atoms with Crippen molar-refractivity contribution in [3.8, 4) is 17.2 Å². The van der Waals surface area contributed by atoms with Gasteiger partial charge in [-0.25, -0.2) is 0 Å². The molecule has 2 heterocycles. The number of nitrogens with one attached hydrogen (secondary N) is 1. The van der Waals surface area contributed by atoms with Crippen molar-refractivity contribution in [3.05, 3.63) is 36.7 Å². The molecule has 1 fully saturated rings. The first-order chi connectivity index (χ1) is 9.85. The minimum Gasteiger partial charge on any atom is -0.493 e. The summed E-state index contributed by atoms with van der Waals surface area (Å²) in [5.41, 5.74) is 0. The zero-order valence-corrected chi connectivity index (χ0v) is 11.6. The number of aromatic nitrogens is 2. The third-order valence-electron chi connectivity index (χ3n) is 3.51. The Kier molecular flexibility index (Phi) is 3.87. The molecule has 0 aliphatic carbocycles. The lowest BCUT2D eigenvalue weighted by Crippen LogP contribution is -2.14. The van der Waals surface area contributed by atoms with Gasteiger partial charge in [-0.1, -0.05) is 12.1 Å². The van der Waals surface area contributed by atoms with Crippen molar-refractivity contribution in [1.29, 1.82) is 0 Å². The molecule has 0 spiro atoms. The summed E-state index contributed by atoms with van der Waals surface area (Å²) in [4.78, 5) is 0. The standard InChI is InChI=1S/C15H19N3O2/c1-19-14-4-2-3-5-15(14)20-13-9-17-18(11-13)10-12-6-7-16-8-12/h2-5,9,11-12,16H,6-8,10H2,1H3. The number of nitrogens with zero attached hydrogens (tertiary/aromatic N) is 2. The monoisotopic (exact) mass is 273 g/mol. The van der Waals surface area contributed by atoms with Crippen LogP contribution in [0.25, 0.3) is 0 Å². The highest BCUT2D eigenvalue weighted by atomic mass is 16.5. The van der Waals surface area contributed by atoms with E-state index in [0.29, 0.717) is 11.7 Å². The number of ether oxygens (including phenoxy) is 2. The third kappa shape index (κ3) is 2.93. The molecule has 0 bridgehead atoms. The lowest BCUT2D eigenvalue weighted by atomic mass is 10.1. The highest BCUT2D eigenvalue weighted by Gasteiger charge is 2.15. The second kappa shape index (κ2) is 5.96. The lowest BCUT2D eigenvalue weighted by Gasteiger charge is -2.08. The van der Waals surface area contributed by atoms with Gasteiger partial charge in [0.05, 0.1) is 19.5 Å². The van der Waals surface area contributed by atoms with Crippen molar-refractivity contribution in [2.45, 2.75) is 13.0 Å². The van der Waals surface area contributed by atoms with Crippen LogP contribution in [0.2, 0.25) is 0 Å². The van der Waals surface area contributed by atoms with E-state index in [4.69, 9.17) is 9.47 Å². The van der Waals surface area contributed by atoms with Gasteiger partial charge < -0.3 is 14.8 Å². The summed E-state index contributed by atoms with van der Waals surface area (Å²) in [5, 5.41) is 7.72. The Morgan fingerprint density at radius 1 is 1.35 bits per heavy atom. The normalized spacial score (nSPS) is 18.1. The highest BCUT2D eigenvalue weighted by molar-refractivity contribution is 5.41. The maximum absolute atomic E-state index is 5.82. The number of hydrogen-bond donors (Lipinski definition) is 1. The van der Waals surface area contributed by atoms with Gasteiger partial charge in [-0.3, -0.25) is 4.68 Å². The van der Waals surface area contributed by atoms with Crippen LogP contribution in [0.1, 0.15) is 6.42 Å². The van der Waals surface area contributed by atoms with Crippen molar-refractivity contribution in [1.82, 2.24) is 15.1 Å². The molecule has 1 unspecified atom stereocenters. The van der Waals surface area contributed by atoms with Gasteiger partial charge in [0.25, 0.3) is 0 Å². The lowest BCUT2D eigenvalue weighted by molar-refractivity contribution is 0.378. The molecule has 1 aliphatic heterocycles. The van der Waals surface area contributed by atoms with E-state index >= 15 is 0 Å². The zero-order chi connectivity index (χ0) is 13.8. The van der Waals surface area contributed by atoms with Gasteiger partial charge in [0.2, 0.25) is 0 Å². The second-order valence-corrected chi connectivity index (χ2v) is 5.01. The summed E-state index contributed by atoms with van der Waals surface area (Å²) in [6.45, 7) is 3.11. The molecule has 0 amide bonds. The first-order valence-corrected chi connectivity index (χ1v) is 6.89. The first kappa shape index (κ1) is 13.0.